The van der Waals surface area contributed by atoms with Crippen LogP contribution in [0.4, 0.5) is 11.6 Å². The maximum atomic E-state index is 13.0. The van der Waals surface area contributed by atoms with Crippen molar-refractivity contribution in [3.63, 3.8) is 0 Å². The molecule has 1 aliphatic rings. The van der Waals surface area contributed by atoms with Crippen molar-refractivity contribution in [3.8, 4) is 0 Å². The van der Waals surface area contributed by atoms with E-state index in [2.05, 4.69) is 4.98 Å². The number of rotatable bonds is 3. The van der Waals surface area contributed by atoms with Crippen LogP contribution in [0.2, 0.25) is 0 Å². The molecular formula is C15H12N4O4S. The highest BCUT2D eigenvalue weighted by Gasteiger charge is 2.37. The van der Waals surface area contributed by atoms with Gasteiger partial charge in [0, 0.05) is 12.6 Å². The summed E-state index contributed by atoms with van der Waals surface area (Å²) in [4.78, 5) is 14.5. The van der Waals surface area contributed by atoms with E-state index in [1.165, 1.54) is 24.3 Å². The maximum absolute atomic E-state index is 13.0. The number of sulfonamides is 1. The monoisotopic (exact) mass is 344 g/mol. The van der Waals surface area contributed by atoms with E-state index < -0.39 is 20.6 Å². The van der Waals surface area contributed by atoms with E-state index in [1.807, 2.05) is 22.8 Å². The summed E-state index contributed by atoms with van der Waals surface area (Å²) in [5.41, 5.74) is 1.09. The molecule has 1 aliphatic heterocycles. The fourth-order valence-electron chi connectivity index (χ4n) is 2.94. The van der Waals surface area contributed by atoms with Gasteiger partial charge in [-0.25, -0.2) is 17.7 Å². The van der Waals surface area contributed by atoms with Crippen molar-refractivity contribution < 1.29 is 13.3 Å². The molecule has 4 rings (SSSR count). The third-order valence-corrected chi connectivity index (χ3v) is 5.84. The number of hydrogen-bond donors (Lipinski definition) is 0. The fraction of sp³-hybridized carbons (Fsp3) is 0.133. The first-order valence-electron chi connectivity index (χ1n) is 7.21. The van der Waals surface area contributed by atoms with Gasteiger partial charge in [0.2, 0.25) is 5.95 Å². The lowest BCUT2D eigenvalue weighted by atomic mass is 10.3. The number of benzene rings is 2. The van der Waals surface area contributed by atoms with Gasteiger partial charge >= 0.3 is 0 Å². The van der Waals surface area contributed by atoms with Crippen molar-refractivity contribution in [1.29, 1.82) is 0 Å². The van der Waals surface area contributed by atoms with Gasteiger partial charge < -0.3 is 4.57 Å². The van der Waals surface area contributed by atoms with E-state index in [0.29, 0.717) is 12.1 Å². The number of nitro benzene ring substituents is 1. The number of anilines is 1. The van der Waals surface area contributed by atoms with Crippen LogP contribution in [0.15, 0.2) is 53.4 Å². The molecule has 1 aromatic heterocycles. The van der Waals surface area contributed by atoms with Gasteiger partial charge in [0.05, 0.1) is 22.5 Å². The number of imidazole rings is 1. The molecule has 0 atom stereocenters. The minimum atomic E-state index is -4.07. The van der Waals surface area contributed by atoms with Crippen LogP contribution in [0.5, 0.6) is 0 Å². The Hall–Kier alpha value is -2.94. The molecule has 3 aromatic rings. The molecule has 8 nitrogen and oxygen atoms in total. The zero-order chi connectivity index (χ0) is 16.9. The molecule has 0 N–H and O–H groups in total. The first-order chi connectivity index (χ1) is 11.5. The lowest BCUT2D eigenvalue weighted by Crippen LogP contribution is -2.30. The second-order valence-corrected chi connectivity index (χ2v) is 7.18. The summed E-state index contributed by atoms with van der Waals surface area (Å²) in [5.74, 6) is 0.286. The highest BCUT2D eigenvalue weighted by atomic mass is 32.2. The van der Waals surface area contributed by atoms with Crippen molar-refractivity contribution in [3.05, 3.63) is 58.6 Å². The zero-order valence-corrected chi connectivity index (χ0v) is 13.2. The Bertz CT molecular complexity index is 1070. The van der Waals surface area contributed by atoms with Crippen molar-refractivity contribution >= 4 is 32.7 Å². The molecule has 0 spiro atoms. The molecule has 0 bridgehead atoms. The number of nitro groups is 1. The number of fused-ring (bicyclic) bond motifs is 3. The number of nitrogens with zero attached hydrogens (tertiary/aromatic N) is 4. The van der Waals surface area contributed by atoms with Gasteiger partial charge in [0.15, 0.2) is 4.90 Å². The van der Waals surface area contributed by atoms with Gasteiger partial charge in [-0.05, 0) is 18.2 Å². The summed E-state index contributed by atoms with van der Waals surface area (Å²) in [6.07, 6.45) is 0. The highest BCUT2D eigenvalue weighted by Crippen LogP contribution is 2.34. The van der Waals surface area contributed by atoms with E-state index in [0.717, 1.165) is 9.82 Å². The van der Waals surface area contributed by atoms with Crippen molar-refractivity contribution in [1.82, 2.24) is 9.55 Å². The van der Waals surface area contributed by atoms with Gasteiger partial charge in [0.1, 0.15) is 0 Å². The topological polar surface area (TPSA) is 98.3 Å². The van der Waals surface area contributed by atoms with Crippen LogP contribution in [0.3, 0.4) is 0 Å². The van der Waals surface area contributed by atoms with E-state index in [1.54, 1.807) is 6.07 Å². The molecule has 0 aliphatic carbocycles. The minimum absolute atomic E-state index is 0.196. The average molecular weight is 344 g/mol. The Kier molecular flexibility index (Phi) is 3.07. The molecule has 0 saturated carbocycles. The zero-order valence-electron chi connectivity index (χ0n) is 12.4. The minimum Gasteiger partial charge on any atom is -0.307 e. The van der Waals surface area contributed by atoms with Crippen LogP contribution >= 0.6 is 0 Å². The van der Waals surface area contributed by atoms with Crippen LogP contribution in [0, 0.1) is 10.1 Å². The second-order valence-electron chi connectivity index (χ2n) is 5.35. The van der Waals surface area contributed by atoms with Crippen LogP contribution in [0.1, 0.15) is 0 Å². The normalized spacial score (nSPS) is 14.1. The third kappa shape index (κ3) is 1.98. The van der Waals surface area contributed by atoms with E-state index in [4.69, 9.17) is 0 Å². The van der Waals surface area contributed by atoms with Crippen LogP contribution in [0.25, 0.3) is 11.0 Å². The summed E-state index contributed by atoms with van der Waals surface area (Å²) >= 11 is 0. The first-order valence-corrected chi connectivity index (χ1v) is 8.65. The van der Waals surface area contributed by atoms with E-state index in [9.17, 15) is 18.5 Å². The predicted octanol–water partition coefficient (Wildman–Crippen LogP) is 2.15. The first kappa shape index (κ1) is 14.6. The molecular weight excluding hydrogens is 332 g/mol. The molecule has 2 aromatic carbocycles. The summed E-state index contributed by atoms with van der Waals surface area (Å²) in [6.45, 7) is 0.650. The summed E-state index contributed by atoms with van der Waals surface area (Å²) < 4.78 is 28.9. The molecule has 0 saturated heterocycles. The van der Waals surface area contributed by atoms with Gasteiger partial charge in [-0.15, -0.1) is 0 Å². The fourth-order valence-corrected chi connectivity index (χ4v) is 4.51. The van der Waals surface area contributed by atoms with Gasteiger partial charge in [0.25, 0.3) is 15.7 Å². The van der Waals surface area contributed by atoms with Crippen LogP contribution < -0.4 is 4.31 Å². The van der Waals surface area contributed by atoms with Crippen LogP contribution in [-0.2, 0) is 16.6 Å². The third-order valence-electron chi connectivity index (χ3n) is 4.01. The maximum Gasteiger partial charge on any atom is 0.289 e. The number of para-hydroxylation sites is 3. The largest absolute Gasteiger partial charge is 0.307 e. The Balaban J connectivity index is 1.88. The molecule has 2 heterocycles. The Labute approximate surface area is 137 Å². The lowest BCUT2D eigenvalue weighted by molar-refractivity contribution is -0.387. The van der Waals surface area contributed by atoms with Crippen molar-refractivity contribution in [2.24, 2.45) is 0 Å². The number of aromatic nitrogens is 2. The molecule has 0 fully saturated rings. The summed E-state index contributed by atoms with van der Waals surface area (Å²) in [6, 6.07) is 12.7. The molecule has 0 amide bonds. The van der Waals surface area contributed by atoms with Gasteiger partial charge in [-0.3, -0.25) is 10.1 Å². The van der Waals surface area contributed by atoms with Crippen molar-refractivity contribution in [2.45, 2.75) is 11.4 Å². The van der Waals surface area contributed by atoms with Gasteiger partial charge in [-0.1, -0.05) is 24.3 Å². The number of hydrogen-bond acceptors (Lipinski definition) is 5. The Morgan fingerprint density at radius 2 is 1.75 bits per heavy atom. The molecule has 9 heteroatoms. The van der Waals surface area contributed by atoms with Crippen molar-refractivity contribution in [2.75, 3.05) is 10.8 Å². The molecule has 122 valence electrons. The molecule has 24 heavy (non-hydrogen) atoms. The van der Waals surface area contributed by atoms with E-state index in [-0.39, 0.29) is 17.4 Å². The smallest absolute Gasteiger partial charge is 0.289 e. The standard InChI is InChI=1S/C15H12N4O4S/c20-19(21)13-7-3-4-8-14(13)24(22,23)18-10-9-17-12-6-2-1-5-11(12)16-15(17)18/h1-8H,9-10H2. The highest BCUT2D eigenvalue weighted by molar-refractivity contribution is 7.93. The SMILES string of the molecule is O=[N+]([O-])c1ccccc1S(=O)(=O)N1CCn2c1nc1ccccc12. The summed E-state index contributed by atoms with van der Waals surface area (Å²) in [5, 5.41) is 11.2. The second kappa shape index (κ2) is 5.03. The molecule has 0 unspecified atom stereocenters. The summed E-state index contributed by atoms with van der Waals surface area (Å²) in [7, 11) is -4.07. The Morgan fingerprint density at radius 1 is 1.04 bits per heavy atom. The van der Waals surface area contributed by atoms with Gasteiger partial charge in [-0.2, -0.15) is 0 Å². The Morgan fingerprint density at radius 3 is 2.54 bits per heavy atom. The lowest BCUT2D eigenvalue weighted by Gasteiger charge is -2.16. The predicted molar refractivity (Wildman–Crippen MR) is 87.4 cm³/mol. The average Bonchev–Trinajstić information content (AvgIpc) is 3.13. The molecule has 0 radical (unpaired) electrons. The quantitative estimate of drug-likeness (QED) is 0.535. The van der Waals surface area contributed by atoms with Crippen LogP contribution in [-0.4, -0.2) is 29.4 Å². The van der Waals surface area contributed by atoms with E-state index >= 15 is 0 Å².